The second-order valence-corrected chi connectivity index (χ2v) is 9.39. The van der Waals surface area contributed by atoms with Crippen LogP contribution in [0.3, 0.4) is 0 Å². The molecular formula is C21H39N5O3. The highest BCUT2D eigenvalue weighted by Gasteiger charge is 2.30. The van der Waals surface area contributed by atoms with Crippen molar-refractivity contribution < 1.29 is 14.3 Å². The molecule has 0 spiro atoms. The maximum atomic E-state index is 12.3. The van der Waals surface area contributed by atoms with E-state index in [1.165, 1.54) is 32.1 Å². The quantitative estimate of drug-likeness (QED) is 0.537. The van der Waals surface area contributed by atoms with Gasteiger partial charge in [0.2, 0.25) is 5.91 Å². The molecule has 8 nitrogen and oxygen atoms in total. The fourth-order valence-electron chi connectivity index (χ4n) is 3.64. The first-order valence-electron chi connectivity index (χ1n) is 10.9. The first-order valence-corrected chi connectivity index (χ1v) is 10.9. The summed E-state index contributed by atoms with van der Waals surface area (Å²) in [5.74, 6) is 1.27. The number of aliphatic imine (C=N–C) groups is 1. The Morgan fingerprint density at radius 2 is 1.83 bits per heavy atom. The summed E-state index contributed by atoms with van der Waals surface area (Å²) in [4.78, 5) is 32.0. The summed E-state index contributed by atoms with van der Waals surface area (Å²) in [6.07, 6.45) is 6.94. The Bertz CT molecular complexity index is 579. The average molecular weight is 410 g/mol. The van der Waals surface area contributed by atoms with Crippen LogP contribution in [-0.4, -0.2) is 79.7 Å². The van der Waals surface area contributed by atoms with Crippen LogP contribution in [0.2, 0.25) is 0 Å². The molecule has 2 amide bonds. The molecule has 1 aliphatic heterocycles. The van der Waals surface area contributed by atoms with Crippen molar-refractivity contribution in [2.45, 2.75) is 70.9 Å². The molecule has 1 unspecified atom stereocenters. The van der Waals surface area contributed by atoms with Crippen molar-refractivity contribution in [1.29, 1.82) is 0 Å². The van der Waals surface area contributed by atoms with Crippen molar-refractivity contribution >= 4 is 18.0 Å². The van der Waals surface area contributed by atoms with Crippen LogP contribution in [0.25, 0.3) is 0 Å². The fraction of sp³-hybridized carbons (Fsp3) is 0.857. The molecule has 2 aliphatic rings. The number of likely N-dealkylation sites (tertiary alicyclic amines) is 1. The topological polar surface area (TPSA) is 86.3 Å². The molecule has 1 heterocycles. The molecule has 1 saturated carbocycles. The Morgan fingerprint density at radius 1 is 1.14 bits per heavy atom. The normalized spacial score (nSPS) is 21.1. The Hall–Kier alpha value is -1.99. The number of carbonyl (C=O) groups is 2. The lowest BCUT2D eigenvalue weighted by atomic mass is 9.89. The van der Waals surface area contributed by atoms with Gasteiger partial charge in [0.1, 0.15) is 12.1 Å². The third-order valence-electron chi connectivity index (χ3n) is 5.33. The van der Waals surface area contributed by atoms with Gasteiger partial charge < -0.3 is 25.2 Å². The molecule has 0 aromatic heterocycles. The molecule has 0 radical (unpaired) electrons. The summed E-state index contributed by atoms with van der Waals surface area (Å²) in [5.41, 5.74) is -0.497. The minimum atomic E-state index is -0.497. The van der Waals surface area contributed by atoms with E-state index in [0.717, 1.165) is 13.0 Å². The Balaban J connectivity index is 1.91. The zero-order valence-electron chi connectivity index (χ0n) is 18.8. The van der Waals surface area contributed by atoms with E-state index in [-0.39, 0.29) is 24.6 Å². The number of guanidine groups is 1. The zero-order valence-corrected chi connectivity index (χ0v) is 18.8. The van der Waals surface area contributed by atoms with Gasteiger partial charge in [-0.15, -0.1) is 0 Å². The molecule has 2 fully saturated rings. The molecular weight excluding hydrogens is 370 g/mol. The molecule has 2 rings (SSSR count). The third-order valence-corrected chi connectivity index (χ3v) is 5.33. The van der Waals surface area contributed by atoms with Gasteiger partial charge in [-0.2, -0.15) is 0 Å². The maximum absolute atomic E-state index is 12.3. The number of carbonyl (C=O) groups excluding carboxylic acids is 2. The SMILES string of the molecule is CN(C)C(=O)CN=C(NCC1CCCCC1)NC1CCN(C(=O)OC(C)(C)C)C1. The summed E-state index contributed by atoms with van der Waals surface area (Å²) in [6, 6.07) is 0.0922. The van der Waals surface area contributed by atoms with E-state index in [2.05, 4.69) is 15.6 Å². The Labute approximate surface area is 175 Å². The number of ether oxygens (including phenoxy) is 1. The van der Waals surface area contributed by atoms with Crippen LogP contribution in [-0.2, 0) is 9.53 Å². The van der Waals surface area contributed by atoms with Crippen LogP contribution >= 0.6 is 0 Å². The lowest BCUT2D eigenvalue weighted by Crippen LogP contribution is -2.47. The van der Waals surface area contributed by atoms with Crippen LogP contribution in [0.4, 0.5) is 4.79 Å². The minimum Gasteiger partial charge on any atom is -0.444 e. The van der Waals surface area contributed by atoms with E-state index in [1.54, 1.807) is 23.9 Å². The molecule has 166 valence electrons. The van der Waals surface area contributed by atoms with Crippen LogP contribution in [0.5, 0.6) is 0 Å². The second-order valence-electron chi connectivity index (χ2n) is 9.39. The molecule has 0 aromatic carbocycles. The highest BCUT2D eigenvalue weighted by atomic mass is 16.6. The number of amides is 2. The predicted octanol–water partition coefficient (Wildman–Crippen LogP) is 2.20. The number of likely N-dealkylation sites (N-methyl/N-ethyl adjacent to an activating group) is 1. The summed E-state index contributed by atoms with van der Waals surface area (Å²) >= 11 is 0. The van der Waals surface area contributed by atoms with Crippen molar-refractivity contribution in [2.24, 2.45) is 10.9 Å². The average Bonchev–Trinajstić information content (AvgIpc) is 3.11. The Morgan fingerprint density at radius 3 is 2.45 bits per heavy atom. The number of rotatable bonds is 5. The van der Waals surface area contributed by atoms with E-state index in [4.69, 9.17) is 4.74 Å². The van der Waals surface area contributed by atoms with E-state index >= 15 is 0 Å². The van der Waals surface area contributed by atoms with Crippen molar-refractivity contribution in [3.8, 4) is 0 Å². The number of nitrogens with zero attached hydrogens (tertiary/aromatic N) is 3. The van der Waals surface area contributed by atoms with Crippen LogP contribution in [0.1, 0.15) is 59.3 Å². The highest BCUT2D eigenvalue weighted by Crippen LogP contribution is 2.22. The van der Waals surface area contributed by atoms with Crippen LogP contribution in [0.15, 0.2) is 4.99 Å². The molecule has 1 atom stereocenters. The number of hydrogen-bond acceptors (Lipinski definition) is 4. The summed E-state index contributed by atoms with van der Waals surface area (Å²) in [6.45, 7) is 7.81. The summed E-state index contributed by atoms with van der Waals surface area (Å²) < 4.78 is 5.47. The van der Waals surface area contributed by atoms with E-state index in [1.807, 2.05) is 20.8 Å². The van der Waals surface area contributed by atoms with Gasteiger partial charge in [0.05, 0.1) is 0 Å². The van der Waals surface area contributed by atoms with Gasteiger partial charge in [0.25, 0.3) is 0 Å². The predicted molar refractivity (Wildman–Crippen MR) is 115 cm³/mol. The molecule has 2 N–H and O–H groups in total. The summed E-state index contributed by atoms with van der Waals surface area (Å²) in [5, 5.41) is 6.84. The monoisotopic (exact) mass is 409 g/mol. The zero-order chi connectivity index (χ0) is 21.4. The molecule has 29 heavy (non-hydrogen) atoms. The van der Waals surface area contributed by atoms with Crippen LogP contribution in [0, 0.1) is 5.92 Å². The lowest BCUT2D eigenvalue weighted by molar-refractivity contribution is -0.127. The standard InChI is InChI=1S/C21H39N5O3/c1-21(2,3)29-20(28)26-12-11-17(15-26)24-19(23-14-18(27)25(4)5)22-13-16-9-7-6-8-10-16/h16-17H,6-15H2,1-5H3,(H2,22,23,24). The van der Waals surface area contributed by atoms with E-state index in [9.17, 15) is 9.59 Å². The summed E-state index contributed by atoms with van der Waals surface area (Å²) in [7, 11) is 3.46. The van der Waals surface area contributed by atoms with Gasteiger partial charge in [-0.1, -0.05) is 19.3 Å². The molecule has 1 saturated heterocycles. The van der Waals surface area contributed by atoms with Crippen molar-refractivity contribution in [3.63, 3.8) is 0 Å². The third kappa shape index (κ3) is 8.50. The van der Waals surface area contributed by atoms with Gasteiger partial charge in [-0.3, -0.25) is 4.79 Å². The van der Waals surface area contributed by atoms with E-state index in [0.29, 0.717) is 25.0 Å². The highest BCUT2D eigenvalue weighted by molar-refractivity contribution is 5.85. The molecule has 0 aromatic rings. The number of hydrogen-bond donors (Lipinski definition) is 2. The molecule has 8 heteroatoms. The molecule has 1 aliphatic carbocycles. The van der Waals surface area contributed by atoms with Gasteiger partial charge in [-0.05, 0) is 46.0 Å². The first-order chi connectivity index (χ1) is 13.6. The molecule has 0 bridgehead atoms. The first kappa shape index (κ1) is 23.3. The Kier molecular flexibility index (Phi) is 8.59. The van der Waals surface area contributed by atoms with Crippen LogP contribution < -0.4 is 10.6 Å². The minimum absolute atomic E-state index is 0.0365. The van der Waals surface area contributed by atoms with Gasteiger partial charge in [0, 0.05) is 39.8 Å². The fourth-order valence-corrected chi connectivity index (χ4v) is 3.64. The van der Waals surface area contributed by atoms with E-state index < -0.39 is 5.60 Å². The van der Waals surface area contributed by atoms with Crippen molar-refractivity contribution in [3.05, 3.63) is 0 Å². The lowest BCUT2D eigenvalue weighted by Gasteiger charge is -2.25. The van der Waals surface area contributed by atoms with Crippen molar-refractivity contribution in [2.75, 3.05) is 40.3 Å². The number of nitrogens with one attached hydrogen (secondary N) is 2. The largest absolute Gasteiger partial charge is 0.444 e. The van der Waals surface area contributed by atoms with Gasteiger partial charge in [0.15, 0.2) is 5.96 Å². The smallest absolute Gasteiger partial charge is 0.410 e. The van der Waals surface area contributed by atoms with Gasteiger partial charge >= 0.3 is 6.09 Å². The van der Waals surface area contributed by atoms with Gasteiger partial charge in [-0.25, -0.2) is 9.79 Å². The maximum Gasteiger partial charge on any atom is 0.410 e. The second kappa shape index (κ2) is 10.7. The van der Waals surface area contributed by atoms with Crippen molar-refractivity contribution in [1.82, 2.24) is 20.4 Å².